The fourth-order valence-electron chi connectivity index (χ4n) is 2.08. The number of carbonyl (C=O) groups is 2. The quantitative estimate of drug-likeness (QED) is 0.348. The first-order chi connectivity index (χ1) is 10.4. The number of hydrogen-bond donors (Lipinski definition) is 0. The van der Waals surface area contributed by atoms with Gasteiger partial charge in [0.25, 0.3) is 5.79 Å². The van der Waals surface area contributed by atoms with E-state index < -0.39 is 17.7 Å². The Labute approximate surface area is 130 Å². The molecule has 1 saturated heterocycles. The van der Waals surface area contributed by atoms with Crippen molar-refractivity contribution in [2.45, 2.75) is 19.6 Å². The van der Waals surface area contributed by atoms with E-state index in [1.165, 1.54) is 26.3 Å². The van der Waals surface area contributed by atoms with E-state index in [4.69, 9.17) is 21.1 Å². The topological polar surface area (TPSA) is 78.4 Å². The van der Waals surface area contributed by atoms with Gasteiger partial charge in [-0.2, -0.15) is 0 Å². The molecule has 0 bridgehead atoms. The first kappa shape index (κ1) is 14.5. The molecule has 0 saturated carbocycles. The van der Waals surface area contributed by atoms with Crippen molar-refractivity contribution in [2.24, 2.45) is 0 Å². The summed E-state index contributed by atoms with van der Waals surface area (Å²) < 4.78 is 10.1. The molecule has 1 aromatic heterocycles. The monoisotopic (exact) mass is 318 g/mol. The molecule has 6 nitrogen and oxygen atoms in total. The Morgan fingerprint density at radius 1 is 1.14 bits per heavy atom. The zero-order valence-corrected chi connectivity index (χ0v) is 12.5. The smallest absolute Gasteiger partial charge is 0.348 e. The molecule has 0 amide bonds. The molecule has 0 atom stereocenters. The summed E-state index contributed by atoms with van der Waals surface area (Å²) in [6.07, 6.45) is 2.75. The average Bonchev–Trinajstić information content (AvgIpc) is 2.43. The lowest BCUT2D eigenvalue weighted by Crippen LogP contribution is -2.41. The number of ether oxygens (including phenoxy) is 2. The molecule has 1 aliphatic heterocycles. The maximum Gasteiger partial charge on any atom is 0.348 e. The van der Waals surface area contributed by atoms with Crippen LogP contribution in [0.25, 0.3) is 17.0 Å². The molecule has 0 aliphatic carbocycles. The summed E-state index contributed by atoms with van der Waals surface area (Å²) in [4.78, 5) is 31.8. The summed E-state index contributed by atoms with van der Waals surface area (Å²) >= 11 is 6.01. The van der Waals surface area contributed by atoms with E-state index in [9.17, 15) is 9.59 Å². The number of cyclic esters (lactones) is 2. The van der Waals surface area contributed by atoms with Gasteiger partial charge in [0.2, 0.25) is 0 Å². The van der Waals surface area contributed by atoms with Gasteiger partial charge in [-0.25, -0.2) is 19.6 Å². The normalized spacial score (nSPS) is 17.1. The van der Waals surface area contributed by atoms with Crippen LogP contribution >= 0.6 is 11.6 Å². The maximum atomic E-state index is 11.9. The Balaban J connectivity index is 2.03. The van der Waals surface area contributed by atoms with E-state index in [1.807, 2.05) is 0 Å². The largest absolute Gasteiger partial charge is 0.419 e. The van der Waals surface area contributed by atoms with Crippen LogP contribution < -0.4 is 0 Å². The van der Waals surface area contributed by atoms with E-state index in [0.29, 0.717) is 21.6 Å². The number of benzene rings is 1. The molecule has 1 fully saturated rings. The first-order valence-corrected chi connectivity index (χ1v) is 6.82. The molecule has 0 radical (unpaired) electrons. The zero-order chi connectivity index (χ0) is 15.9. The van der Waals surface area contributed by atoms with Gasteiger partial charge in [-0.1, -0.05) is 17.7 Å². The molecule has 2 heterocycles. The number of halogens is 1. The highest BCUT2D eigenvalue weighted by Gasteiger charge is 2.38. The molecule has 0 unspecified atom stereocenters. The summed E-state index contributed by atoms with van der Waals surface area (Å²) in [5.74, 6) is -2.71. The van der Waals surface area contributed by atoms with E-state index in [1.54, 1.807) is 18.2 Å². The predicted molar refractivity (Wildman–Crippen MR) is 78.8 cm³/mol. The first-order valence-electron chi connectivity index (χ1n) is 6.44. The highest BCUT2D eigenvalue weighted by molar-refractivity contribution is 6.34. The Kier molecular flexibility index (Phi) is 3.33. The molecule has 0 spiro atoms. The van der Waals surface area contributed by atoms with Crippen LogP contribution in [0.5, 0.6) is 0 Å². The minimum absolute atomic E-state index is 0.174. The van der Waals surface area contributed by atoms with Crippen molar-refractivity contribution in [3.8, 4) is 0 Å². The SMILES string of the molecule is CC1(C)OC(=O)C(=Cc2ccc3ncnc(Cl)c3c2)C(=O)O1. The summed E-state index contributed by atoms with van der Waals surface area (Å²) in [6.45, 7) is 2.99. The van der Waals surface area contributed by atoms with Crippen LogP contribution in [0, 0.1) is 0 Å². The van der Waals surface area contributed by atoms with Crippen molar-refractivity contribution in [2.75, 3.05) is 0 Å². The Morgan fingerprint density at radius 2 is 1.82 bits per heavy atom. The van der Waals surface area contributed by atoms with Crippen LogP contribution in [-0.4, -0.2) is 27.7 Å². The molecule has 22 heavy (non-hydrogen) atoms. The molecule has 1 aliphatic rings. The number of carbonyl (C=O) groups excluding carboxylic acids is 2. The van der Waals surface area contributed by atoms with Gasteiger partial charge in [-0.15, -0.1) is 0 Å². The van der Waals surface area contributed by atoms with Crippen molar-refractivity contribution in [3.63, 3.8) is 0 Å². The number of rotatable bonds is 1. The minimum atomic E-state index is -1.26. The van der Waals surface area contributed by atoms with E-state index in [0.717, 1.165) is 0 Å². The number of esters is 2. The van der Waals surface area contributed by atoms with E-state index in [-0.39, 0.29) is 5.57 Å². The number of fused-ring (bicyclic) bond motifs is 1. The Morgan fingerprint density at radius 3 is 2.50 bits per heavy atom. The molecular formula is C15H11ClN2O4. The van der Waals surface area contributed by atoms with Crippen molar-refractivity contribution < 1.29 is 19.1 Å². The highest BCUT2D eigenvalue weighted by Crippen LogP contribution is 2.26. The van der Waals surface area contributed by atoms with Crippen LogP contribution in [0.15, 0.2) is 30.1 Å². The standard InChI is InChI=1S/C15H11ClN2O4/c1-15(2)21-13(19)10(14(20)22-15)6-8-3-4-11-9(5-8)12(16)18-7-17-11/h3-7H,1-2H3. The molecule has 2 aromatic rings. The summed E-state index contributed by atoms with van der Waals surface area (Å²) in [6, 6.07) is 5.11. The third kappa shape index (κ3) is 2.65. The molecule has 3 rings (SSSR count). The number of hydrogen-bond acceptors (Lipinski definition) is 6. The number of nitrogens with zero attached hydrogens (tertiary/aromatic N) is 2. The van der Waals surface area contributed by atoms with Gasteiger partial charge in [0.1, 0.15) is 17.1 Å². The molecule has 112 valence electrons. The van der Waals surface area contributed by atoms with E-state index in [2.05, 4.69) is 9.97 Å². The van der Waals surface area contributed by atoms with Crippen LogP contribution in [-0.2, 0) is 19.1 Å². The van der Waals surface area contributed by atoms with Gasteiger partial charge in [0.15, 0.2) is 0 Å². The number of aromatic nitrogens is 2. The van der Waals surface area contributed by atoms with Crippen molar-refractivity contribution in [3.05, 3.63) is 40.8 Å². The predicted octanol–water partition coefficient (Wildman–Crippen LogP) is 2.50. The van der Waals surface area contributed by atoms with Gasteiger partial charge in [0.05, 0.1) is 5.52 Å². The van der Waals surface area contributed by atoms with Gasteiger partial charge in [0, 0.05) is 19.2 Å². The second-order valence-electron chi connectivity index (χ2n) is 5.18. The van der Waals surface area contributed by atoms with Gasteiger partial charge in [-0.3, -0.25) is 0 Å². The highest BCUT2D eigenvalue weighted by atomic mass is 35.5. The van der Waals surface area contributed by atoms with Crippen molar-refractivity contribution in [1.29, 1.82) is 0 Å². The van der Waals surface area contributed by atoms with Crippen LogP contribution in [0.3, 0.4) is 0 Å². The lowest BCUT2D eigenvalue weighted by Gasteiger charge is -2.29. The third-order valence-corrected chi connectivity index (χ3v) is 3.34. The fraction of sp³-hybridized carbons (Fsp3) is 0.200. The van der Waals surface area contributed by atoms with Crippen LogP contribution in [0.2, 0.25) is 5.15 Å². The van der Waals surface area contributed by atoms with Crippen molar-refractivity contribution in [1.82, 2.24) is 9.97 Å². The van der Waals surface area contributed by atoms with Crippen LogP contribution in [0.4, 0.5) is 0 Å². The molecule has 1 aromatic carbocycles. The lowest BCUT2D eigenvalue weighted by molar-refractivity contribution is -0.222. The zero-order valence-electron chi connectivity index (χ0n) is 11.8. The van der Waals surface area contributed by atoms with Gasteiger partial charge < -0.3 is 9.47 Å². The summed E-state index contributed by atoms with van der Waals surface area (Å²) in [7, 11) is 0. The fourth-order valence-corrected chi connectivity index (χ4v) is 2.27. The average molecular weight is 319 g/mol. The van der Waals surface area contributed by atoms with Gasteiger partial charge >= 0.3 is 11.9 Å². The maximum absolute atomic E-state index is 11.9. The molecule has 7 heteroatoms. The molecular weight excluding hydrogens is 308 g/mol. The summed E-state index contributed by atoms with van der Waals surface area (Å²) in [5.41, 5.74) is 1.08. The van der Waals surface area contributed by atoms with Gasteiger partial charge in [-0.05, 0) is 23.8 Å². The lowest BCUT2D eigenvalue weighted by atomic mass is 10.1. The second-order valence-corrected chi connectivity index (χ2v) is 5.54. The minimum Gasteiger partial charge on any atom is -0.419 e. The van der Waals surface area contributed by atoms with Crippen LogP contribution in [0.1, 0.15) is 19.4 Å². The second kappa shape index (κ2) is 5.06. The Hall–Kier alpha value is -2.47. The Bertz CT molecular complexity index is 807. The van der Waals surface area contributed by atoms with E-state index >= 15 is 0 Å². The third-order valence-electron chi connectivity index (χ3n) is 3.04. The summed E-state index contributed by atoms with van der Waals surface area (Å²) in [5, 5.41) is 0.913. The van der Waals surface area contributed by atoms with Crippen molar-refractivity contribution >= 4 is 40.5 Å². The molecule has 0 N–H and O–H groups in total.